The highest BCUT2D eigenvalue weighted by Crippen LogP contribution is 2.20. The lowest BCUT2D eigenvalue weighted by molar-refractivity contribution is -0.153. The van der Waals surface area contributed by atoms with Crippen LogP contribution < -0.4 is 15.8 Å². The fourth-order valence-corrected chi connectivity index (χ4v) is 1.38. The van der Waals surface area contributed by atoms with Crippen molar-refractivity contribution < 1.29 is 22.7 Å². The van der Waals surface area contributed by atoms with Crippen molar-refractivity contribution >= 4 is 24.0 Å². The average molecular weight is 327 g/mol. The molecule has 0 aromatic heterocycles. The Kier molecular flexibility index (Phi) is 8.12. The molecule has 1 aromatic carbocycles. The van der Waals surface area contributed by atoms with Gasteiger partial charge >= 0.3 is 6.18 Å². The number of carbonyl (C=O) groups is 1. The Morgan fingerprint density at radius 3 is 2.38 bits per heavy atom. The largest absolute Gasteiger partial charge is 0.484 e. The Morgan fingerprint density at radius 1 is 1.33 bits per heavy atom. The Balaban J connectivity index is 0.00000400. The van der Waals surface area contributed by atoms with Gasteiger partial charge in [-0.2, -0.15) is 13.2 Å². The molecular formula is C13H18ClF3N2O2. The number of carbonyl (C=O) groups excluding carboxylic acids is 1. The number of alkyl halides is 3. The van der Waals surface area contributed by atoms with Crippen LogP contribution in [0.3, 0.4) is 0 Å². The van der Waals surface area contributed by atoms with E-state index in [1.165, 1.54) is 24.3 Å². The molecule has 0 aliphatic heterocycles. The standard InChI is InChI=1S/C13H17F3N2O2.ClH/c1-9(17)2-7-12(19)18-10-3-5-11(6-4-10)20-8-13(14,15)16;/h3-6,9H,2,7-8,17H2,1H3,(H,18,19);1H. The topological polar surface area (TPSA) is 64.4 Å². The first-order valence-electron chi connectivity index (χ1n) is 6.11. The number of nitrogens with two attached hydrogens (primary N) is 1. The number of hydrogen-bond donors (Lipinski definition) is 2. The quantitative estimate of drug-likeness (QED) is 0.844. The fraction of sp³-hybridized carbons (Fsp3) is 0.462. The number of halogens is 4. The number of anilines is 1. The van der Waals surface area contributed by atoms with Crippen molar-refractivity contribution in [3.8, 4) is 5.75 Å². The highest BCUT2D eigenvalue weighted by Gasteiger charge is 2.28. The number of hydrogen-bond acceptors (Lipinski definition) is 3. The molecule has 0 saturated heterocycles. The molecule has 1 aromatic rings. The third-order valence-electron chi connectivity index (χ3n) is 2.37. The highest BCUT2D eigenvalue weighted by molar-refractivity contribution is 5.90. The molecule has 1 amide bonds. The van der Waals surface area contributed by atoms with Gasteiger partial charge in [0, 0.05) is 18.2 Å². The van der Waals surface area contributed by atoms with Crippen LogP contribution in [-0.4, -0.2) is 24.7 Å². The van der Waals surface area contributed by atoms with Crippen molar-refractivity contribution in [1.82, 2.24) is 0 Å². The molecule has 0 aliphatic rings. The molecule has 21 heavy (non-hydrogen) atoms. The van der Waals surface area contributed by atoms with Gasteiger partial charge in [0.1, 0.15) is 5.75 Å². The van der Waals surface area contributed by atoms with Gasteiger partial charge < -0.3 is 15.8 Å². The Bertz CT molecular complexity index is 436. The Morgan fingerprint density at radius 2 is 1.90 bits per heavy atom. The van der Waals surface area contributed by atoms with Crippen molar-refractivity contribution in [2.24, 2.45) is 5.73 Å². The molecule has 4 nitrogen and oxygen atoms in total. The van der Waals surface area contributed by atoms with E-state index in [1.54, 1.807) is 6.92 Å². The van der Waals surface area contributed by atoms with Gasteiger partial charge in [0.15, 0.2) is 6.61 Å². The fourth-order valence-electron chi connectivity index (χ4n) is 1.38. The summed E-state index contributed by atoms with van der Waals surface area (Å²) in [6.07, 6.45) is -3.51. The summed E-state index contributed by atoms with van der Waals surface area (Å²) in [6, 6.07) is 5.64. The SMILES string of the molecule is CC(N)CCC(=O)Nc1ccc(OCC(F)(F)F)cc1.Cl. The monoisotopic (exact) mass is 326 g/mol. The van der Waals surface area contributed by atoms with Gasteiger partial charge in [-0.25, -0.2) is 0 Å². The first-order chi connectivity index (χ1) is 9.26. The van der Waals surface area contributed by atoms with Crippen LogP contribution in [0, 0.1) is 0 Å². The number of amides is 1. The molecule has 0 heterocycles. The maximum Gasteiger partial charge on any atom is 0.422 e. The van der Waals surface area contributed by atoms with Gasteiger partial charge in [-0.05, 0) is 37.6 Å². The minimum absolute atomic E-state index is 0. The summed E-state index contributed by atoms with van der Waals surface area (Å²) in [7, 11) is 0. The van der Waals surface area contributed by atoms with Crippen LogP contribution in [0.1, 0.15) is 19.8 Å². The molecular weight excluding hydrogens is 309 g/mol. The lowest BCUT2D eigenvalue weighted by atomic mass is 10.2. The molecule has 1 atom stereocenters. The van der Waals surface area contributed by atoms with Gasteiger partial charge in [0.2, 0.25) is 5.91 Å². The summed E-state index contributed by atoms with van der Waals surface area (Å²) < 4.78 is 40.4. The second kappa shape index (κ2) is 8.74. The molecule has 0 spiro atoms. The molecule has 3 N–H and O–H groups in total. The summed E-state index contributed by atoms with van der Waals surface area (Å²) in [6.45, 7) is 0.465. The van der Waals surface area contributed by atoms with Crippen molar-refractivity contribution in [2.75, 3.05) is 11.9 Å². The van der Waals surface area contributed by atoms with Crippen LogP contribution in [0.25, 0.3) is 0 Å². The van der Waals surface area contributed by atoms with E-state index in [2.05, 4.69) is 10.1 Å². The van der Waals surface area contributed by atoms with Gasteiger partial charge in [0.25, 0.3) is 0 Å². The van der Waals surface area contributed by atoms with Gasteiger partial charge in [0.05, 0.1) is 0 Å². The highest BCUT2D eigenvalue weighted by atomic mass is 35.5. The number of benzene rings is 1. The van der Waals surface area contributed by atoms with E-state index in [0.717, 1.165) is 0 Å². The maximum atomic E-state index is 12.0. The van der Waals surface area contributed by atoms with Crippen LogP contribution >= 0.6 is 12.4 Å². The van der Waals surface area contributed by atoms with Crippen LogP contribution in [-0.2, 0) is 4.79 Å². The predicted molar refractivity (Wildman–Crippen MR) is 76.8 cm³/mol. The molecule has 0 saturated carbocycles. The van der Waals surface area contributed by atoms with Crippen LogP contribution in [0.4, 0.5) is 18.9 Å². The molecule has 1 unspecified atom stereocenters. The first-order valence-corrected chi connectivity index (χ1v) is 6.11. The van der Waals surface area contributed by atoms with Crippen LogP contribution in [0.5, 0.6) is 5.75 Å². The van der Waals surface area contributed by atoms with Gasteiger partial charge in [-0.15, -0.1) is 12.4 Å². The normalized spacial score (nSPS) is 12.2. The lowest BCUT2D eigenvalue weighted by Gasteiger charge is -2.10. The van der Waals surface area contributed by atoms with Crippen molar-refractivity contribution in [3.05, 3.63) is 24.3 Å². The molecule has 0 bridgehead atoms. The number of ether oxygens (including phenoxy) is 1. The van der Waals surface area contributed by atoms with Crippen molar-refractivity contribution in [1.29, 1.82) is 0 Å². The predicted octanol–water partition coefficient (Wildman–Crippen LogP) is 3.12. The summed E-state index contributed by atoms with van der Waals surface area (Å²) in [5, 5.41) is 2.62. The smallest absolute Gasteiger partial charge is 0.422 e. The number of nitrogens with one attached hydrogen (secondary N) is 1. The second-order valence-electron chi connectivity index (χ2n) is 4.49. The van der Waals surface area contributed by atoms with Crippen LogP contribution in [0.15, 0.2) is 24.3 Å². The summed E-state index contributed by atoms with van der Waals surface area (Å²) in [5.74, 6) is -0.0952. The maximum absolute atomic E-state index is 12.0. The second-order valence-corrected chi connectivity index (χ2v) is 4.49. The molecule has 0 radical (unpaired) electrons. The molecule has 1 rings (SSSR count). The summed E-state index contributed by atoms with van der Waals surface area (Å²) in [4.78, 5) is 11.5. The van der Waals surface area contributed by atoms with Gasteiger partial charge in [-0.1, -0.05) is 0 Å². The van der Waals surface area contributed by atoms with Crippen LogP contribution in [0.2, 0.25) is 0 Å². The van der Waals surface area contributed by atoms with E-state index in [1.807, 2.05) is 0 Å². The zero-order chi connectivity index (χ0) is 15.2. The van der Waals surface area contributed by atoms with Crippen molar-refractivity contribution in [2.45, 2.75) is 32.0 Å². The Labute approximate surface area is 127 Å². The third kappa shape index (κ3) is 9.14. The molecule has 120 valence electrons. The summed E-state index contributed by atoms with van der Waals surface area (Å²) in [5.41, 5.74) is 6.03. The molecule has 0 fully saturated rings. The third-order valence-corrected chi connectivity index (χ3v) is 2.37. The number of rotatable bonds is 6. The van der Waals surface area contributed by atoms with E-state index in [0.29, 0.717) is 18.5 Å². The van der Waals surface area contributed by atoms with Crippen molar-refractivity contribution in [3.63, 3.8) is 0 Å². The van der Waals surface area contributed by atoms with E-state index in [-0.39, 0.29) is 30.1 Å². The zero-order valence-corrected chi connectivity index (χ0v) is 12.3. The zero-order valence-electron chi connectivity index (χ0n) is 11.4. The van der Waals surface area contributed by atoms with E-state index in [4.69, 9.17) is 5.73 Å². The lowest BCUT2D eigenvalue weighted by Crippen LogP contribution is -2.20. The Hall–Kier alpha value is -1.47. The molecule has 0 aliphatic carbocycles. The van der Waals surface area contributed by atoms with E-state index < -0.39 is 12.8 Å². The van der Waals surface area contributed by atoms with E-state index in [9.17, 15) is 18.0 Å². The first kappa shape index (κ1) is 19.5. The molecule has 8 heteroatoms. The summed E-state index contributed by atoms with van der Waals surface area (Å²) >= 11 is 0. The van der Waals surface area contributed by atoms with E-state index >= 15 is 0 Å². The minimum Gasteiger partial charge on any atom is -0.484 e. The minimum atomic E-state index is -4.37. The van der Waals surface area contributed by atoms with Gasteiger partial charge in [-0.3, -0.25) is 4.79 Å². The average Bonchev–Trinajstić information content (AvgIpc) is 2.34.